The summed E-state index contributed by atoms with van der Waals surface area (Å²) in [5.74, 6) is 1.41. The fraction of sp³-hybridized carbons (Fsp3) is 0.100. The summed E-state index contributed by atoms with van der Waals surface area (Å²) in [6.07, 6.45) is 5.10. The van der Waals surface area contributed by atoms with Crippen molar-refractivity contribution in [1.82, 2.24) is 9.97 Å². The predicted molar refractivity (Wildman–Crippen MR) is 107 cm³/mol. The number of anilines is 2. The zero-order valence-electron chi connectivity index (χ0n) is 14.7. The highest BCUT2D eigenvalue weighted by molar-refractivity contribution is 7.99. The van der Waals surface area contributed by atoms with Crippen molar-refractivity contribution in [3.63, 3.8) is 0 Å². The molecule has 0 atom stereocenters. The zero-order valence-corrected chi connectivity index (χ0v) is 15.5. The molecule has 0 saturated carbocycles. The lowest BCUT2D eigenvalue weighted by Gasteiger charge is -2.10. The van der Waals surface area contributed by atoms with Gasteiger partial charge in [0.15, 0.2) is 0 Å². The lowest BCUT2D eigenvalue weighted by atomic mass is 10.1. The Kier molecular flexibility index (Phi) is 5.20. The molecule has 1 aliphatic heterocycles. The van der Waals surface area contributed by atoms with Gasteiger partial charge in [-0.25, -0.2) is 4.98 Å². The van der Waals surface area contributed by atoms with E-state index < -0.39 is 0 Å². The number of fused-ring (bicyclic) bond motifs is 1. The molecule has 0 fully saturated rings. The molecule has 4 rings (SSSR count). The van der Waals surface area contributed by atoms with Crippen molar-refractivity contribution in [1.29, 1.82) is 0 Å². The van der Waals surface area contributed by atoms with Gasteiger partial charge in [-0.2, -0.15) is 0 Å². The Hall–Kier alpha value is -3.39. The number of benzene rings is 2. The third-order valence-corrected chi connectivity index (χ3v) is 5.05. The summed E-state index contributed by atoms with van der Waals surface area (Å²) in [6, 6.07) is 12.3. The van der Waals surface area contributed by atoms with Gasteiger partial charge in [-0.1, -0.05) is 0 Å². The highest BCUT2D eigenvalue weighted by Crippen LogP contribution is 2.31. The number of thioether (sulfide) groups is 1. The minimum Gasteiger partial charge on any atom is -0.438 e. The lowest BCUT2D eigenvalue weighted by Crippen LogP contribution is -2.14. The number of rotatable bonds is 4. The molecule has 1 aromatic heterocycles. The number of amides is 2. The molecule has 0 aliphatic carbocycles. The highest BCUT2D eigenvalue weighted by Gasteiger charge is 2.16. The monoisotopic (exact) mass is 392 g/mol. The number of carbonyl (C=O) groups is 2. The lowest BCUT2D eigenvalue weighted by molar-refractivity contribution is -0.115. The maximum Gasteiger partial charge on any atom is 0.255 e. The number of nitrogens with zero attached hydrogens (tertiary/aromatic N) is 2. The van der Waals surface area contributed by atoms with Crippen molar-refractivity contribution >= 4 is 35.0 Å². The van der Waals surface area contributed by atoms with Gasteiger partial charge in [-0.05, 0) is 42.5 Å². The molecule has 0 spiro atoms. The van der Waals surface area contributed by atoms with Crippen LogP contribution in [0.4, 0.5) is 11.4 Å². The van der Waals surface area contributed by atoms with Gasteiger partial charge in [0, 0.05) is 40.7 Å². The van der Waals surface area contributed by atoms with Gasteiger partial charge in [0.2, 0.25) is 11.8 Å². The number of carbonyl (C=O) groups excluding carboxylic acids is 2. The number of ether oxygens (including phenoxy) is 1. The Bertz CT molecular complexity index is 1010. The summed E-state index contributed by atoms with van der Waals surface area (Å²) in [7, 11) is 0. The second-order valence-electron chi connectivity index (χ2n) is 5.98. The molecule has 3 aromatic rings. The minimum absolute atomic E-state index is 0.0393. The van der Waals surface area contributed by atoms with Crippen LogP contribution in [0, 0.1) is 0 Å². The van der Waals surface area contributed by atoms with Gasteiger partial charge in [0.05, 0.1) is 11.9 Å². The minimum atomic E-state index is -0.256. The molecule has 7 nitrogen and oxygen atoms in total. The number of aromatic nitrogens is 2. The van der Waals surface area contributed by atoms with E-state index in [1.54, 1.807) is 60.6 Å². The third-order valence-electron chi connectivity index (χ3n) is 3.98. The first-order valence-electron chi connectivity index (χ1n) is 8.59. The first-order chi connectivity index (χ1) is 13.7. The van der Waals surface area contributed by atoms with Gasteiger partial charge < -0.3 is 15.4 Å². The molecular weight excluding hydrogens is 376 g/mol. The highest BCUT2D eigenvalue weighted by atomic mass is 32.2. The van der Waals surface area contributed by atoms with Crippen molar-refractivity contribution in [2.75, 3.05) is 16.4 Å². The molecule has 2 heterocycles. The number of hydrogen-bond donors (Lipinski definition) is 2. The average molecular weight is 392 g/mol. The summed E-state index contributed by atoms with van der Waals surface area (Å²) in [4.78, 5) is 33.3. The van der Waals surface area contributed by atoms with Crippen molar-refractivity contribution < 1.29 is 14.3 Å². The second kappa shape index (κ2) is 8.10. The normalized spacial score (nSPS) is 13.1. The van der Waals surface area contributed by atoms with E-state index in [-0.39, 0.29) is 11.8 Å². The molecule has 0 unspecified atom stereocenters. The van der Waals surface area contributed by atoms with Gasteiger partial charge in [0.25, 0.3) is 5.91 Å². The molecule has 0 bridgehead atoms. The van der Waals surface area contributed by atoms with E-state index in [4.69, 9.17) is 4.74 Å². The van der Waals surface area contributed by atoms with Crippen molar-refractivity contribution in [3.8, 4) is 11.6 Å². The second-order valence-corrected chi connectivity index (χ2v) is 7.12. The summed E-state index contributed by atoms with van der Waals surface area (Å²) in [6.45, 7) is 0. The van der Waals surface area contributed by atoms with Gasteiger partial charge in [0.1, 0.15) is 5.75 Å². The Morgan fingerprint density at radius 2 is 2.00 bits per heavy atom. The van der Waals surface area contributed by atoms with Crippen molar-refractivity contribution in [3.05, 3.63) is 66.6 Å². The fourth-order valence-electron chi connectivity index (χ4n) is 2.63. The van der Waals surface area contributed by atoms with Crippen LogP contribution in [-0.2, 0) is 4.79 Å². The van der Waals surface area contributed by atoms with E-state index >= 15 is 0 Å². The smallest absolute Gasteiger partial charge is 0.255 e. The number of nitrogens with one attached hydrogen (secondary N) is 2. The standard InChI is InChI=1S/C20H16N4O3S/c25-18-7-10-28-17-6-1-13(11-16(17)24-18)20(26)23-14-2-4-15(5-3-14)27-19-12-21-8-9-22-19/h1-6,8-9,11-12H,7,10H2,(H,23,26)(H,24,25). The Labute approximate surface area is 165 Å². The van der Waals surface area contributed by atoms with E-state index in [1.165, 1.54) is 6.20 Å². The largest absolute Gasteiger partial charge is 0.438 e. The van der Waals surface area contributed by atoms with E-state index in [2.05, 4.69) is 20.6 Å². The van der Waals surface area contributed by atoms with E-state index in [9.17, 15) is 9.59 Å². The molecule has 2 aromatic carbocycles. The third kappa shape index (κ3) is 4.29. The molecule has 0 radical (unpaired) electrons. The summed E-state index contributed by atoms with van der Waals surface area (Å²) in [5.41, 5.74) is 1.78. The maximum atomic E-state index is 12.6. The van der Waals surface area contributed by atoms with E-state index in [0.717, 1.165) is 10.6 Å². The van der Waals surface area contributed by atoms with Crippen LogP contribution in [0.2, 0.25) is 0 Å². The summed E-state index contributed by atoms with van der Waals surface area (Å²) in [5, 5.41) is 5.69. The van der Waals surface area contributed by atoms with Crippen LogP contribution in [0.25, 0.3) is 0 Å². The van der Waals surface area contributed by atoms with Crippen LogP contribution < -0.4 is 15.4 Å². The Balaban J connectivity index is 1.44. The molecule has 8 heteroatoms. The first kappa shape index (κ1) is 18.0. The molecule has 140 valence electrons. The molecule has 2 amide bonds. The van der Waals surface area contributed by atoms with Crippen LogP contribution in [-0.4, -0.2) is 27.5 Å². The van der Waals surface area contributed by atoms with E-state index in [0.29, 0.717) is 35.0 Å². The van der Waals surface area contributed by atoms with Gasteiger partial charge >= 0.3 is 0 Å². The molecule has 0 saturated heterocycles. The van der Waals surface area contributed by atoms with Gasteiger partial charge in [-0.3, -0.25) is 14.6 Å². The number of hydrogen-bond acceptors (Lipinski definition) is 6. The zero-order chi connectivity index (χ0) is 19.3. The SMILES string of the molecule is O=C1CCSc2ccc(C(=O)Nc3ccc(Oc4cnccn4)cc3)cc2N1. The summed E-state index contributed by atoms with van der Waals surface area (Å²) < 4.78 is 5.58. The summed E-state index contributed by atoms with van der Waals surface area (Å²) >= 11 is 1.60. The average Bonchev–Trinajstić information content (AvgIpc) is 2.90. The van der Waals surface area contributed by atoms with Crippen molar-refractivity contribution in [2.45, 2.75) is 11.3 Å². The van der Waals surface area contributed by atoms with Crippen LogP contribution in [0.15, 0.2) is 66.0 Å². The van der Waals surface area contributed by atoms with Crippen LogP contribution in [0.1, 0.15) is 16.8 Å². The van der Waals surface area contributed by atoms with Crippen LogP contribution in [0.3, 0.4) is 0 Å². The van der Waals surface area contributed by atoms with E-state index in [1.807, 2.05) is 6.07 Å². The van der Waals surface area contributed by atoms with Crippen LogP contribution >= 0.6 is 11.8 Å². The molecule has 28 heavy (non-hydrogen) atoms. The maximum absolute atomic E-state index is 12.6. The quantitative estimate of drug-likeness (QED) is 0.698. The first-order valence-corrected chi connectivity index (χ1v) is 9.58. The molecule has 1 aliphatic rings. The Morgan fingerprint density at radius 1 is 1.14 bits per heavy atom. The fourth-order valence-corrected chi connectivity index (χ4v) is 3.57. The molecule has 2 N–H and O–H groups in total. The van der Waals surface area contributed by atoms with Crippen LogP contribution in [0.5, 0.6) is 11.6 Å². The molecular formula is C20H16N4O3S. The topological polar surface area (TPSA) is 93.2 Å². The Morgan fingerprint density at radius 3 is 2.79 bits per heavy atom. The van der Waals surface area contributed by atoms with Crippen molar-refractivity contribution in [2.24, 2.45) is 0 Å². The van der Waals surface area contributed by atoms with Gasteiger partial charge in [-0.15, -0.1) is 11.8 Å². The predicted octanol–water partition coefficient (Wildman–Crippen LogP) is 3.96.